The van der Waals surface area contributed by atoms with Gasteiger partial charge in [-0.15, -0.1) is 0 Å². The summed E-state index contributed by atoms with van der Waals surface area (Å²) in [7, 11) is 1.47. The minimum atomic E-state index is -0.329. The van der Waals surface area contributed by atoms with Gasteiger partial charge in [-0.1, -0.05) is 12.8 Å². The predicted molar refractivity (Wildman–Crippen MR) is 59.9 cm³/mol. The van der Waals surface area contributed by atoms with E-state index >= 15 is 0 Å². The lowest BCUT2D eigenvalue weighted by molar-refractivity contribution is -0.157. The van der Waals surface area contributed by atoms with Crippen LogP contribution in [0.15, 0.2) is 0 Å². The van der Waals surface area contributed by atoms with Crippen LogP contribution in [-0.2, 0) is 14.3 Å². The van der Waals surface area contributed by atoms with E-state index in [0.29, 0.717) is 18.6 Å². The van der Waals surface area contributed by atoms with Crippen molar-refractivity contribution in [3.8, 4) is 0 Å². The molecule has 2 aliphatic carbocycles. The molecule has 3 nitrogen and oxygen atoms in total. The maximum atomic E-state index is 12.0. The number of rotatable bonds is 2. The van der Waals surface area contributed by atoms with Crippen LogP contribution in [-0.4, -0.2) is 18.9 Å². The highest BCUT2D eigenvalue weighted by atomic mass is 16.5. The summed E-state index contributed by atoms with van der Waals surface area (Å²) >= 11 is 0. The fraction of sp³-hybridized carbons (Fsp3) is 0.846. The standard InChI is InChI=1S/C13H20O3/c1-16-12(15)13(7-2-3-8-13)10-5-4-6-11(14)9-10/h10H,2-9H2,1H3/t10-/m0/s1. The smallest absolute Gasteiger partial charge is 0.312 e. The van der Waals surface area contributed by atoms with Crippen molar-refractivity contribution in [1.82, 2.24) is 0 Å². The molecule has 0 radical (unpaired) electrons. The van der Waals surface area contributed by atoms with Crippen LogP contribution in [0.3, 0.4) is 0 Å². The molecule has 2 fully saturated rings. The minimum Gasteiger partial charge on any atom is -0.469 e. The van der Waals surface area contributed by atoms with E-state index in [9.17, 15) is 9.59 Å². The number of Topliss-reactive ketones (excluding diaryl/α,β-unsaturated/α-hetero) is 1. The summed E-state index contributed by atoms with van der Waals surface area (Å²) in [5.74, 6) is 0.486. The van der Waals surface area contributed by atoms with Crippen molar-refractivity contribution >= 4 is 11.8 Å². The van der Waals surface area contributed by atoms with E-state index in [1.54, 1.807) is 0 Å². The van der Waals surface area contributed by atoms with Gasteiger partial charge in [0.1, 0.15) is 5.78 Å². The van der Waals surface area contributed by atoms with Crippen molar-refractivity contribution in [2.24, 2.45) is 11.3 Å². The summed E-state index contributed by atoms with van der Waals surface area (Å²) in [6.07, 6.45) is 7.28. The molecule has 0 aromatic carbocycles. The summed E-state index contributed by atoms with van der Waals surface area (Å²) in [5, 5.41) is 0. The second-order valence-corrected chi connectivity index (χ2v) is 5.19. The number of methoxy groups -OCH3 is 1. The van der Waals surface area contributed by atoms with Gasteiger partial charge in [0.15, 0.2) is 0 Å². The maximum absolute atomic E-state index is 12.0. The molecule has 0 heterocycles. The highest BCUT2D eigenvalue weighted by Gasteiger charge is 2.49. The Morgan fingerprint density at radius 1 is 1.31 bits per heavy atom. The average Bonchev–Trinajstić information content (AvgIpc) is 2.78. The second kappa shape index (κ2) is 4.56. The van der Waals surface area contributed by atoms with E-state index in [2.05, 4.69) is 0 Å². The van der Waals surface area contributed by atoms with Gasteiger partial charge in [-0.05, 0) is 31.6 Å². The monoisotopic (exact) mass is 224 g/mol. The molecule has 0 bridgehead atoms. The zero-order valence-electron chi connectivity index (χ0n) is 9.96. The number of ether oxygens (including phenoxy) is 1. The first kappa shape index (κ1) is 11.6. The van der Waals surface area contributed by atoms with Crippen molar-refractivity contribution in [1.29, 1.82) is 0 Å². The zero-order chi connectivity index (χ0) is 11.6. The number of ketones is 1. The molecule has 0 aliphatic heterocycles. The van der Waals surface area contributed by atoms with Crippen molar-refractivity contribution in [3.05, 3.63) is 0 Å². The Kier molecular flexibility index (Phi) is 3.31. The SMILES string of the molecule is COC(=O)C1([C@H]2CCCC(=O)C2)CCCC1. The molecule has 16 heavy (non-hydrogen) atoms. The van der Waals surface area contributed by atoms with E-state index < -0.39 is 0 Å². The zero-order valence-corrected chi connectivity index (χ0v) is 9.96. The first-order chi connectivity index (χ1) is 7.69. The van der Waals surface area contributed by atoms with Gasteiger partial charge in [0.25, 0.3) is 0 Å². The fourth-order valence-corrected chi connectivity index (χ4v) is 3.48. The number of hydrogen-bond donors (Lipinski definition) is 0. The Labute approximate surface area is 96.5 Å². The second-order valence-electron chi connectivity index (χ2n) is 5.19. The van der Waals surface area contributed by atoms with Crippen LogP contribution >= 0.6 is 0 Å². The molecule has 0 spiro atoms. The first-order valence-electron chi connectivity index (χ1n) is 6.29. The van der Waals surface area contributed by atoms with Gasteiger partial charge < -0.3 is 4.74 Å². The molecule has 2 rings (SSSR count). The van der Waals surface area contributed by atoms with Crippen molar-refractivity contribution < 1.29 is 14.3 Å². The molecular weight excluding hydrogens is 204 g/mol. The largest absolute Gasteiger partial charge is 0.469 e. The summed E-state index contributed by atoms with van der Waals surface area (Å²) in [4.78, 5) is 23.5. The van der Waals surface area contributed by atoms with Crippen LogP contribution in [0.1, 0.15) is 51.4 Å². The Morgan fingerprint density at radius 3 is 2.56 bits per heavy atom. The molecule has 0 saturated heterocycles. The van der Waals surface area contributed by atoms with E-state index in [1.165, 1.54) is 7.11 Å². The Bertz CT molecular complexity index is 290. The Hall–Kier alpha value is -0.860. The average molecular weight is 224 g/mol. The van der Waals surface area contributed by atoms with Gasteiger partial charge in [0, 0.05) is 12.8 Å². The highest BCUT2D eigenvalue weighted by molar-refractivity contribution is 5.82. The van der Waals surface area contributed by atoms with Crippen molar-refractivity contribution in [3.63, 3.8) is 0 Å². The summed E-state index contributed by atoms with van der Waals surface area (Å²) < 4.78 is 4.98. The van der Waals surface area contributed by atoms with Gasteiger partial charge in [-0.2, -0.15) is 0 Å². The van der Waals surface area contributed by atoms with Crippen molar-refractivity contribution in [2.75, 3.05) is 7.11 Å². The lowest BCUT2D eigenvalue weighted by atomic mass is 9.67. The molecule has 0 aromatic rings. The molecule has 3 heteroatoms. The topological polar surface area (TPSA) is 43.4 Å². The summed E-state index contributed by atoms with van der Waals surface area (Å²) in [6, 6.07) is 0. The quantitative estimate of drug-likeness (QED) is 0.677. The number of esters is 1. The lowest BCUT2D eigenvalue weighted by Crippen LogP contribution is -2.39. The lowest BCUT2D eigenvalue weighted by Gasteiger charge is -2.36. The van der Waals surface area contributed by atoms with E-state index in [1.807, 2.05) is 0 Å². The number of hydrogen-bond acceptors (Lipinski definition) is 3. The highest BCUT2D eigenvalue weighted by Crippen LogP contribution is 2.49. The van der Waals surface area contributed by atoms with Crippen LogP contribution in [0, 0.1) is 11.3 Å². The molecule has 0 amide bonds. The van der Waals surface area contributed by atoms with Gasteiger partial charge >= 0.3 is 5.97 Å². The van der Waals surface area contributed by atoms with Gasteiger partial charge in [0.2, 0.25) is 0 Å². The minimum absolute atomic E-state index is 0.0790. The molecule has 90 valence electrons. The van der Waals surface area contributed by atoms with Crippen molar-refractivity contribution in [2.45, 2.75) is 51.4 Å². The Morgan fingerprint density at radius 2 is 2.00 bits per heavy atom. The Balaban J connectivity index is 2.18. The molecule has 2 saturated carbocycles. The molecule has 0 N–H and O–H groups in total. The van der Waals surface area contributed by atoms with Gasteiger partial charge in [0.05, 0.1) is 12.5 Å². The fourth-order valence-electron chi connectivity index (χ4n) is 3.48. The van der Waals surface area contributed by atoms with Crippen LogP contribution in [0.2, 0.25) is 0 Å². The van der Waals surface area contributed by atoms with Crippen LogP contribution < -0.4 is 0 Å². The van der Waals surface area contributed by atoms with E-state index in [-0.39, 0.29) is 17.3 Å². The summed E-state index contributed by atoms with van der Waals surface area (Å²) in [6.45, 7) is 0. The first-order valence-corrected chi connectivity index (χ1v) is 6.29. The number of carbonyl (C=O) groups excluding carboxylic acids is 2. The third-order valence-electron chi connectivity index (χ3n) is 4.35. The van der Waals surface area contributed by atoms with E-state index in [4.69, 9.17) is 4.74 Å². The summed E-state index contributed by atoms with van der Waals surface area (Å²) in [5.41, 5.74) is -0.329. The van der Waals surface area contributed by atoms with Crippen LogP contribution in [0.5, 0.6) is 0 Å². The van der Waals surface area contributed by atoms with Crippen LogP contribution in [0.25, 0.3) is 0 Å². The normalized spacial score (nSPS) is 29.1. The maximum Gasteiger partial charge on any atom is 0.312 e. The molecule has 0 unspecified atom stereocenters. The van der Waals surface area contributed by atoms with E-state index in [0.717, 1.165) is 38.5 Å². The molecule has 2 aliphatic rings. The molecular formula is C13H20O3. The molecule has 1 atom stereocenters. The third-order valence-corrected chi connectivity index (χ3v) is 4.35. The van der Waals surface area contributed by atoms with Crippen LogP contribution in [0.4, 0.5) is 0 Å². The van der Waals surface area contributed by atoms with Gasteiger partial charge in [-0.3, -0.25) is 9.59 Å². The third kappa shape index (κ3) is 1.87. The molecule has 0 aromatic heterocycles. The predicted octanol–water partition coefficient (Wildman–Crippen LogP) is 2.48. The number of carbonyl (C=O) groups is 2. The van der Waals surface area contributed by atoms with Gasteiger partial charge in [-0.25, -0.2) is 0 Å².